The zero-order valence-corrected chi connectivity index (χ0v) is 14.1. The van der Waals surface area contributed by atoms with E-state index in [0.29, 0.717) is 27.6 Å². The van der Waals surface area contributed by atoms with Gasteiger partial charge in [-0.05, 0) is 36.2 Å². The molecule has 1 aromatic carbocycles. The Morgan fingerprint density at radius 3 is 2.33 bits per heavy atom. The first-order chi connectivity index (χ1) is 12.3. The molecule has 0 bridgehead atoms. The van der Waals surface area contributed by atoms with Gasteiger partial charge >= 0.3 is 12.4 Å². The number of benzene rings is 1. The van der Waals surface area contributed by atoms with Crippen LogP contribution in [-0.4, -0.2) is 21.7 Å². The molecule has 11 heteroatoms. The van der Waals surface area contributed by atoms with Gasteiger partial charge in [0.05, 0.1) is 17.8 Å². The van der Waals surface area contributed by atoms with Crippen molar-refractivity contribution in [3.05, 3.63) is 46.8 Å². The van der Waals surface area contributed by atoms with E-state index >= 15 is 0 Å². The molecule has 1 aliphatic rings. The van der Waals surface area contributed by atoms with Gasteiger partial charge in [-0.15, -0.1) is 0 Å². The van der Waals surface area contributed by atoms with Crippen molar-refractivity contribution < 1.29 is 31.2 Å². The first-order valence-electron chi connectivity index (χ1n) is 7.65. The van der Waals surface area contributed by atoms with Crippen LogP contribution >= 0.6 is 0 Å². The maximum absolute atomic E-state index is 13.9. The lowest BCUT2D eigenvalue weighted by Crippen LogP contribution is -2.44. The Kier molecular flexibility index (Phi) is 4.16. The number of alkyl halides is 6. The second kappa shape index (κ2) is 5.89. The molecule has 0 saturated heterocycles. The average Bonchev–Trinajstić information content (AvgIpc) is 3.13. The van der Waals surface area contributed by atoms with Gasteiger partial charge in [-0.1, -0.05) is 11.2 Å². The summed E-state index contributed by atoms with van der Waals surface area (Å²) in [5, 5.41) is 6.67. The van der Waals surface area contributed by atoms with Crippen molar-refractivity contribution >= 4 is 11.4 Å². The summed E-state index contributed by atoms with van der Waals surface area (Å²) in [5.41, 5.74) is 1.76. The van der Waals surface area contributed by atoms with Gasteiger partial charge < -0.3 is 10.6 Å². The standard InChI is InChI=1S/C16H14F6N4O/c1-8-5-9(3-4-10(8)23)11-7-14(27-25-11,16(20,21)22)13-6-12(15(17,18)19)24-26(13)2/h3-6H,7,23H2,1-2H3. The van der Waals surface area contributed by atoms with E-state index in [0.717, 1.165) is 7.05 Å². The largest absolute Gasteiger partial charge is 0.437 e. The number of hydrogen-bond donors (Lipinski definition) is 1. The van der Waals surface area contributed by atoms with Crippen molar-refractivity contribution in [3.8, 4) is 0 Å². The summed E-state index contributed by atoms with van der Waals surface area (Å²) in [6.45, 7) is 1.67. The summed E-state index contributed by atoms with van der Waals surface area (Å²) in [6, 6.07) is 4.85. The highest BCUT2D eigenvalue weighted by Crippen LogP contribution is 2.49. The summed E-state index contributed by atoms with van der Waals surface area (Å²) in [4.78, 5) is 4.74. The van der Waals surface area contributed by atoms with Crippen LogP contribution in [0.2, 0.25) is 0 Å². The number of oxime groups is 1. The third-order valence-corrected chi connectivity index (χ3v) is 4.37. The molecule has 0 amide bonds. The molecule has 0 spiro atoms. The van der Waals surface area contributed by atoms with E-state index < -0.39 is 35.8 Å². The number of halogens is 6. The first kappa shape index (κ1) is 19.1. The molecule has 27 heavy (non-hydrogen) atoms. The Balaban J connectivity index is 2.05. The fraction of sp³-hybridized carbons (Fsp3) is 0.375. The molecule has 146 valence electrons. The van der Waals surface area contributed by atoms with Gasteiger partial charge in [-0.2, -0.15) is 31.4 Å². The molecule has 1 unspecified atom stereocenters. The minimum absolute atomic E-state index is 0.0508. The number of hydrogen-bond acceptors (Lipinski definition) is 4. The molecule has 5 nitrogen and oxygen atoms in total. The summed E-state index contributed by atoms with van der Waals surface area (Å²) < 4.78 is 80.8. The van der Waals surface area contributed by atoms with Crippen molar-refractivity contribution in [2.75, 3.05) is 5.73 Å². The predicted octanol–water partition coefficient (Wildman–Crippen LogP) is 3.91. The van der Waals surface area contributed by atoms with E-state index in [1.54, 1.807) is 6.92 Å². The summed E-state index contributed by atoms with van der Waals surface area (Å²) in [6.07, 6.45) is -10.7. The fourth-order valence-electron chi connectivity index (χ4n) is 2.86. The van der Waals surface area contributed by atoms with Crippen molar-refractivity contribution in [1.82, 2.24) is 9.78 Å². The highest BCUT2D eigenvalue weighted by Gasteiger charge is 2.64. The van der Waals surface area contributed by atoms with Crippen molar-refractivity contribution in [2.24, 2.45) is 12.2 Å². The Hall–Kier alpha value is -2.72. The highest BCUT2D eigenvalue weighted by molar-refractivity contribution is 6.02. The molecule has 0 aliphatic carbocycles. The molecule has 0 saturated carbocycles. The van der Waals surface area contributed by atoms with Gasteiger partial charge in [0.1, 0.15) is 0 Å². The Bertz CT molecular complexity index is 915. The summed E-state index contributed by atoms with van der Waals surface area (Å²) >= 11 is 0. The van der Waals surface area contributed by atoms with Crippen LogP contribution in [0.25, 0.3) is 0 Å². The van der Waals surface area contributed by atoms with E-state index in [-0.39, 0.29) is 5.71 Å². The van der Waals surface area contributed by atoms with E-state index in [9.17, 15) is 26.3 Å². The minimum Gasteiger partial charge on any atom is -0.399 e. The lowest BCUT2D eigenvalue weighted by Gasteiger charge is -2.28. The topological polar surface area (TPSA) is 65.4 Å². The van der Waals surface area contributed by atoms with Gasteiger partial charge in [0.25, 0.3) is 5.60 Å². The van der Waals surface area contributed by atoms with Crippen molar-refractivity contribution in [2.45, 2.75) is 31.3 Å². The number of nitrogens with two attached hydrogens (primary N) is 1. The molecular weight excluding hydrogens is 378 g/mol. The Morgan fingerprint density at radius 1 is 1.15 bits per heavy atom. The predicted molar refractivity (Wildman–Crippen MR) is 83.8 cm³/mol. The fourth-order valence-corrected chi connectivity index (χ4v) is 2.86. The number of aryl methyl sites for hydroxylation is 2. The van der Waals surface area contributed by atoms with Crippen LogP contribution in [0.5, 0.6) is 0 Å². The van der Waals surface area contributed by atoms with Crippen LogP contribution in [0.3, 0.4) is 0 Å². The zero-order chi connectivity index (χ0) is 20.2. The maximum atomic E-state index is 13.9. The molecule has 1 aliphatic heterocycles. The van der Waals surface area contributed by atoms with Crippen LogP contribution in [0.1, 0.15) is 28.9 Å². The Morgan fingerprint density at radius 2 is 1.81 bits per heavy atom. The molecule has 2 heterocycles. The number of aromatic nitrogens is 2. The quantitative estimate of drug-likeness (QED) is 0.623. The lowest BCUT2D eigenvalue weighted by molar-refractivity contribution is -0.278. The zero-order valence-electron chi connectivity index (χ0n) is 14.1. The smallest absolute Gasteiger partial charge is 0.399 e. The third-order valence-electron chi connectivity index (χ3n) is 4.37. The number of anilines is 1. The lowest BCUT2D eigenvalue weighted by atomic mass is 9.89. The number of rotatable bonds is 2. The molecule has 1 atom stereocenters. The average molecular weight is 392 g/mol. The monoisotopic (exact) mass is 392 g/mol. The third kappa shape index (κ3) is 3.10. The van der Waals surface area contributed by atoms with E-state index in [1.807, 2.05) is 0 Å². The molecule has 2 aromatic rings. The highest BCUT2D eigenvalue weighted by atomic mass is 19.4. The van der Waals surface area contributed by atoms with Crippen molar-refractivity contribution in [3.63, 3.8) is 0 Å². The first-order valence-corrected chi connectivity index (χ1v) is 7.65. The number of nitrogen functional groups attached to an aromatic ring is 1. The molecule has 3 rings (SSSR count). The SMILES string of the molecule is Cc1cc(C2=NOC(c3cc(C(F)(F)F)nn3C)(C(F)(F)F)C2)ccc1N. The van der Waals surface area contributed by atoms with Gasteiger partial charge in [0, 0.05) is 12.7 Å². The molecule has 0 fully saturated rings. The van der Waals surface area contributed by atoms with Crippen molar-refractivity contribution in [1.29, 1.82) is 0 Å². The van der Waals surface area contributed by atoms with Crippen LogP contribution in [-0.2, 0) is 23.7 Å². The van der Waals surface area contributed by atoms with Crippen LogP contribution in [0, 0.1) is 6.92 Å². The summed E-state index contributed by atoms with van der Waals surface area (Å²) in [5.74, 6) is 0. The van der Waals surface area contributed by atoms with Crippen LogP contribution in [0.4, 0.5) is 32.0 Å². The van der Waals surface area contributed by atoms with Gasteiger partial charge in [-0.25, -0.2) is 0 Å². The van der Waals surface area contributed by atoms with E-state index in [2.05, 4.69) is 10.3 Å². The van der Waals surface area contributed by atoms with Gasteiger partial charge in [0.2, 0.25) is 0 Å². The normalized spacial score (nSPS) is 20.5. The maximum Gasteiger partial charge on any atom is 0.437 e. The van der Waals surface area contributed by atoms with Crippen LogP contribution in [0.15, 0.2) is 29.4 Å². The molecular formula is C16H14F6N4O. The van der Waals surface area contributed by atoms with E-state index in [1.165, 1.54) is 18.2 Å². The van der Waals surface area contributed by atoms with Crippen LogP contribution < -0.4 is 5.73 Å². The second-order valence-corrected chi connectivity index (χ2v) is 6.24. The van der Waals surface area contributed by atoms with Gasteiger partial charge in [-0.3, -0.25) is 4.68 Å². The summed E-state index contributed by atoms with van der Waals surface area (Å²) in [7, 11) is 0.993. The Labute approximate surface area is 149 Å². The molecule has 2 N–H and O–H groups in total. The second-order valence-electron chi connectivity index (χ2n) is 6.24. The van der Waals surface area contributed by atoms with Gasteiger partial charge in [0.15, 0.2) is 5.69 Å². The molecule has 0 radical (unpaired) electrons. The number of nitrogens with zero attached hydrogens (tertiary/aromatic N) is 3. The minimum atomic E-state index is -5.03. The molecule has 1 aromatic heterocycles. The van der Waals surface area contributed by atoms with E-state index in [4.69, 9.17) is 10.6 Å².